The second kappa shape index (κ2) is 5.53. The lowest BCUT2D eigenvalue weighted by Gasteiger charge is -2.20. The van der Waals surface area contributed by atoms with Gasteiger partial charge >= 0.3 is 12.3 Å². The van der Waals surface area contributed by atoms with Crippen LogP contribution < -0.4 is 10.5 Å². The Hall–Kier alpha value is -1.80. The molecule has 0 aliphatic carbocycles. The number of hydrogen-bond acceptors (Lipinski definition) is 4. The van der Waals surface area contributed by atoms with E-state index in [2.05, 4.69) is 4.74 Å². The summed E-state index contributed by atoms with van der Waals surface area (Å²) in [4.78, 5) is 12.8. The molecule has 0 spiro atoms. The van der Waals surface area contributed by atoms with Crippen LogP contribution in [0.25, 0.3) is 0 Å². The van der Waals surface area contributed by atoms with Crippen LogP contribution in [0, 0.1) is 0 Å². The van der Waals surface area contributed by atoms with E-state index in [4.69, 9.17) is 10.8 Å². The van der Waals surface area contributed by atoms with E-state index in [-0.39, 0.29) is 12.3 Å². The number of carboxylic acid groups (broad SMARTS) is 1. The summed E-state index contributed by atoms with van der Waals surface area (Å²) >= 11 is 0. The van der Waals surface area contributed by atoms with Crippen molar-refractivity contribution in [2.24, 2.45) is 5.73 Å². The van der Waals surface area contributed by atoms with Crippen molar-refractivity contribution in [1.82, 2.24) is 4.90 Å². The van der Waals surface area contributed by atoms with Gasteiger partial charge in [0.1, 0.15) is 11.3 Å². The summed E-state index contributed by atoms with van der Waals surface area (Å²) in [5.74, 6) is -1.37. The highest BCUT2D eigenvalue weighted by molar-refractivity contribution is 5.79. The molecule has 0 saturated carbocycles. The predicted molar refractivity (Wildman–Crippen MR) is 67.6 cm³/mol. The number of halogens is 3. The molecule has 21 heavy (non-hydrogen) atoms. The van der Waals surface area contributed by atoms with Crippen LogP contribution in [-0.2, 0) is 11.3 Å². The Morgan fingerprint density at radius 2 is 2.19 bits per heavy atom. The summed E-state index contributed by atoms with van der Waals surface area (Å²) in [6, 6.07) is 5.61. The lowest BCUT2D eigenvalue weighted by Crippen LogP contribution is -2.50. The summed E-state index contributed by atoms with van der Waals surface area (Å²) < 4.78 is 40.3. The van der Waals surface area contributed by atoms with E-state index in [9.17, 15) is 18.0 Å². The molecule has 1 fully saturated rings. The van der Waals surface area contributed by atoms with Crippen molar-refractivity contribution in [3.05, 3.63) is 29.8 Å². The van der Waals surface area contributed by atoms with E-state index in [1.165, 1.54) is 18.2 Å². The van der Waals surface area contributed by atoms with Crippen LogP contribution in [0.15, 0.2) is 24.3 Å². The monoisotopic (exact) mass is 304 g/mol. The number of benzene rings is 1. The van der Waals surface area contributed by atoms with Crippen molar-refractivity contribution in [2.75, 3.05) is 13.1 Å². The molecule has 1 saturated heterocycles. The van der Waals surface area contributed by atoms with Crippen molar-refractivity contribution < 1.29 is 27.8 Å². The summed E-state index contributed by atoms with van der Waals surface area (Å²) in [7, 11) is 0. The molecule has 2 rings (SSSR count). The topological polar surface area (TPSA) is 75.8 Å². The minimum absolute atomic E-state index is 0.159. The molecule has 3 N–H and O–H groups in total. The van der Waals surface area contributed by atoms with Gasteiger partial charge in [-0.1, -0.05) is 12.1 Å². The van der Waals surface area contributed by atoms with Crippen molar-refractivity contribution in [3.8, 4) is 5.75 Å². The van der Waals surface area contributed by atoms with Crippen LogP contribution in [0.2, 0.25) is 0 Å². The fraction of sp³-hybridized carbons (Fsp3) is 0.462. The molecule has 8 heteroatoms. The molecule has 1 aromatic carbocycles. The SMILES string of the molecule is NC1(C(=O)O)CCN(Cc2cccc(OC(F)(F)F)c2)C1. The van der Waals surface area contributed by atoms with Gasteiger partial charge in [-0.2, -0.15) is 0 Å². The number of nitrogens with two attached hydrogens (primary N) is 1. The molecule has 1 atom stereocenters. The average molecular weight is 304 g/mol. The largest absolute Gasteiger partial charge is 0.573 e. The van der Waals surface area contributed by atoms with Crippen LogP contribution in [-0.4, -0.2) is 41.0 Å². The molecule has 1 aliphatic rings. The third-order valence-electron chi connectivity index (χ3n) is 3.34. The van der Waals surface area contributed by atoms with Crippen LogP contribution in [0.4, 0.5) is 13.2 Å². The van der Waals surface area contributed by atoms with E-state index >= 15 is 0 Å². The number of likely N-dealkylation sites (tertiary alicyclic amines) is 1. The third-order valence-corrected chi connectivity index (χ3v) is 3.34. The summed E-state index contributed by atoms with van der Waals surface area (Å²) in [5, 5.41) is 9.03. The van der Waals surface area contributed by atoms with E-state index in [1.54, 1.807) is 11.0 Å². The van der Waals surface area contributed by atoms with Gasteiger partial charge < -0.3 is 15.6 Å². The number of hydrogen-bond donors (Lipinski definition) is 2. The van der Waals surface area contributed by atoms with Gasteiger partial charge in [0.25, 0.3) is 0 Å². The first-order valence-electron chi connectivity index (χ1n) is 6.27. The fourth-order valence-corrected chi connectivity index (χ4v) is 2.32. The fourth-order valence-electron chi connectivity index (χ4n) is 2.32. The van der Waals surface area contributed by atoms with Crippen molar-refractivity contribution in [2.45, 2.75) is 24.9 Å². The van der Waals surface area contributed by atoms with Gasteiger partial charge in [-0.15, -0.1) is 13.2 Å². The first-order chi connectivity index (χ1) is 9.68. The van der Waals surface area contributed by atoms with Gasteiger partial charge in [-0.05, 0) is 24.1 Å². The number of rotatable bonds is 4. The molecular formula is C13H15F3N2O3. The van der Waals surface area contributed by atoms with Gasteiger partial charge in [-0.25, -0.2) is 0 Å². The summed E-state index contributed by atoms with van der Waals surface area (Å²) in [6.07, 6.45) is -4.43. The van der Waals surface area contributed by atoms with Gasteiger partial charge in [-0.3, -0.25) is 9.69 Å². The maximum absolute atomic E-state index is 12.2. The Labute approximate surface area is 119 Å². The maximum Gasteiger partial charge on any atom is 0.573 e. The Morgan fingerprint density at radius 1 is 1.48 bits per heavy atom. The molecular weight excluding hydrogens is 289 g/mol. The van der Waals surface area contributed by atoms with Crippen molar-refractivity contribution >= 4 is 5.97 Å². The Kier molecular flexibility index (Phi) is 4.11. The van der Waals surface area contributed by atoms with Gasteiger partial charge in [0.05, 0.1) is 0 Å². The maximum atomic E-state index is 12.2. The van der Waals surface area contributed by atoms with Crippen LogP contribution >= 0.6 is 0 Å². The molecule has 1 aliphatic heterocycles. The third kappa shape index (κ3) is 4.08. The summed E-state index contributed by atoms with van der Waals surface area (Å²) in [5.41, 5.74) is 5.06. The Morgan fingerprint density at radius 3 is 2.76 bits per heavy atom. The van der Waals surface area contributed by atoms with Gasteiger partial charge in [0.15, 0.2) is 0 Å². The quantitative estimate of drug-likeness (QED) is 0.883. The first-order valence-corrected chi connectivity index (χ1v) is 6.27. The minimum atomic E-state index is -4.73. The molecule has 5 nitrogen and oxygen atoms in total. The lowest BCUT2D eigenvalue weighted by atomic mass is 10.0. The number of nitrogens with zero attached hydrogens (tertiary/aromatic N) is 1. The van der Waals surface area contributed by atoms with Crippen molar-refractivity contribution in [1.29, 1.82) is 0 Å². The highest BCUT2D eigenvalue weighted by Gasteiger charge is 2.41. The first kappa shape index (κ1) is 15.6. The number of ether oxygens (including phenoxy) is 1. The normalized spacial score (nSPS) is 23.2. The zero-order valence-electron chi connectivity index (χ0n) is 11.1. The van der Waals surface area contributed by atoms with Crippen LogP contribution in [0.5, 0.6) is 5.75 Å². The number of carbonyl (C=O) groups is 1. The van der Waals surface area contributed by atoms with E-state index in [0.29, 0.717) is 25.1 Å². The smallest absolute Gasteiger partial charge is 0.480 e. The highest BCUT2D eigenvalue weighted by Crippen LogP contribution is 2.25. The number of alkyl halides is 3. The molecule has 0 bridgehead atoms. The van der Waals surface area contributed by atoms with E-state index < -0.39 is 17.9 Å². The summed E-state index contributed by atoms with van der Waals surface area (Å²) in [6.45, 7) is 0.959. The minimum Gasteiger partial charge on any atom is -0.480 e. The van der Waals surface area contributed by atoms with Crippen LogP contribution in [0.3, 0.4) is 0 Å². The Bertz CT molecular complexity index is 536. The lowest BCUT2D eigenvalue weighted by molar-refractivity contribution is -0.274. The molecule has 0 aromatic heterocycles. The molecule has 1 aromatic rings. The van der Waals surface area contributed by atoms with Crippen LogP contribution in [0.1, 0.15) is 12.0 Å². The zero-order chi connectivity index (χ0) is 15.7. The van der Waals surface area contributed by atoms with E-state index in [1.807, 2.05) is 0 Å². The van der Waals surface area contributed by atoms with E-state index in [0.717, 1.165) is 0 Å². The second-order valence-electron chi connectivity index (χ2n) is 5.12. The Balaban J connectivity index is 2.01. The average Bonchev–Trinajstić information content (AvgIpc) is 2.70. The molecule has 0 amide bonds. The standard InChI is InChI=1S/C13H15F3N2O3/c14-13(15,16)21-10-3-1-2-9(6-10)7-18-5-4-12(17,8-18)11(19)20/h1-3,6H,4-5,7-8,17H2,(H,19,20). The second-order valence-corrected chi connectivity index (χ2v) is 5.12. The van der Waals surface area contributed by atoms with Gasteiger partial charge in [0, 0.05) is 19.6 Å². The van der Waals surface area contributed by atoms with Crippen molar-refractivity contribution in [3.63, 3.8) is 0 Å². The zero-order valence-corrected chi connectivity index (χ0v) is 11.1. The number of aliphatic carboxylic acids is 1. The molecule has 116 valence electrons. The molecule has 0 radical (unpaired) electrons. The van der Waals surface area contributed by atoms with Gasteiger partial charge in [0.2, 0.25) is 0 Å². The number of carboxylic acids is 1. The predicted octanol–water partition coefficient (Wildman–Crippen LogP) is 1.57. The molecule has 1 unspecified atom stereocenters. The highest BCUT2D eigenvalue weighted by atomic mass is 19.4. The molecule has 1 heterocycles.